The molecule has 1 unspecified atom stereocenters. The van der Waals surface area contributed by atoms with Gasteiger partial charge in [-0.05, 0) is 18.1 Å². The van der Waals surface area contributed by atoms with Gasteiger partial charge in [0.25, 0.3) is 0 Å². The number of aliphatic hydroxyl groups excluding tert-OH is 1. The van der Waals surface area contributed by atoms with Gasteiger partial charge < -0.3 is 16.6 Å². The lowest BCUT2D eigenvalue weighted by Crippen LogP contribution is -2.13. The fourth-order valence-electron chi connectivity index (χ4n) is 1.14. The first kappa shape index (κ1) is 16.0. The van der Waals surface area contributed by atoms with Crippen molar-refractivity contribution in [3.05, 3.63) is 29.8 Å². The summed E-state index contributed by atoms with van der Waals surface area (Å²) in [5.74, 6) is 0. The Kier molecular flexibility index (Phi) is 8.99. The van der Waals surface area contributed by atoms with E-state index in [9.17, 15) is 0 Å². The highest BCUT2D eigenvalue weighted by Crippen LogP contribution is 2.19. The lowest BCUT2D eigenvalue weighted by Gasteiger charge is -2.12. The van der Waals surface area contributed by atoms with Crippen molar-refractivity contribution in [2.45, 2.75) is 12.5 Å². The minimum atomic E-state index is -0.156. The molecule has 82 valence electrons. The van der Waals surface area contributed by atoms with Gasteiger partial charge in [-0.25, -0.2) is 0 Å². The zero-order valence-corrected chi connectivity index (χ0v) is 9.35. The minimum Gasteiger partial charge on any atom is -0.398 e. The van der Waals surface area contributed by atoms with Crippen LogP contribution in [0.4, 0.5) is 5.69 Å². The van der Waals surface area contributed by atoms with E-state index in [-0.39, 0.29) is 37.5 Å². The van der Waals surface area contributed by atoms with Crippen molar-refractivity contribution in [2.75, 3.05) is 12.3 Å². The van der Waals surface area contributed by atoms with Crippen LogP contribution in [-0.2, 0) is 0 Å². The number of rotatable bonds is 3. The molecule has 0 heterocycles. The number of para-hydroxylation sites is 1. The van der Waals surface area contributed by atoms with Crippen molar-refractivity contribution in [3.63, 3.8) is 0 Å². The molecule has 0 aliphatic rings. The molecule has 0 aliphatic heterocycles. The second-order valence-electron chi connectivity index (χ2n) is 2.75. The smallest absolute Gasteiger partial charge is 0.0449 e. The SMILES string of the molecule is Cl.Cl.Nc1ccccc1C(N)CCO. The molecule has 1 atom stereocenters. The molecular weight excluding hydrogens is 223 g/mol. The number of hydrogen-bond donors (Lipinski definition) is 3. The Morgan fingerprint density at radius 1 is 1.21 bits per heavy atom. The maximum absolute atomic E-state index is 8.67. The maximum atomic E-state index is 8.67. The normalized spacial score (nSPS) is 11.0. The summed E-state index contributed by atoms with van der Waals surface area (Å²) >= 11 is 0. The molecule has 1 aromatic carbocycles. The third-order valence-electron chi connectivity index (χ3n) is 1.84. The maximum Gasteiger partial charge on any atom is 0.0449 e. The number of nitrogens with two attached hydrogens (primary N) is 2. The second kappa shape index (κ2) is 7.88. The van der Waals surface area contributed by atoms with Crippen molar-refractivity contribution in [3.8, 4) is 0 Å². The molecule has 1 rings (SSSR count). The Morgan fingerprint density at radius 3 is 2.29 bits per heavy atom. The lowest BCUT2D eigenvalue weighted by molar-refractivity contribution is 0.276. The summed E-state index contributed by atoms with van der Waals surface area (Å²) in [5, 5.41) is 8.67. The van der Waals surface area contributed by atoms with Crippen LogP contribution in [0.2, 0.25) is 0 Å². The van der Waals surface area contributed by atoms with E-state index in [0.29, 0.717) is 12.1 Å². The molecular formula is C9H16Cl2N2O. The summed E-state index contributed by atoms with van der Waals surface area (Å²) in [6.07, 6.45) is 0.550. The molecule has 0 aliphatic carbocycles. The molecule has 5 N–H and O–H groups in total. The largest absolute Gasteiger partial charge is 0.398 e. The Morgan fingerprint density at radius 2 is 1.79 bits per heavy atom. The molecule has 1 aromatic rings. The van der Waals surface area contributed by atoms with Gasteiger partial charge in [0.1, 0.15) is 0 Å². The van der Waals surface area contributed by atoms with Crippen LogP contribution in [-0.4, -0.2) is 11.7 Å². The van der Waals surface area contributed by atoms with Gasteiger partial charge in [0, 0.05) is 18.3 Å². The van der Waals surface area contributed by atoms with Gasteiger partial charge in [-0.3, -0.25) is 0 Å². The Bertz CT molecular complexity index is 258. The summed E-state index contributed by atoms with van der Waals surface area (Å²) in [4.78, 5) is 0. The first-order valence-corrected chi connectivity index (χ1v) is 3.96. The van der Waals surface area contributed by atoms with E-state index in [1.807, 2.05) is 24.3 Å². The van der Waals surface area contributed by atoms with Gasteiger partial charge in [-0.1, -0.05) is 18.2 Å². The second-order valence-corrected chi connectivity index (χ2v) is 2.75. The van der Waals surface area contributed by atoms with Crippen LogP contribution in [0.15, 0.2) is 24.3 Å². The predicted molar refractivity (Wildman–Crippen MR) is 64.0 cm³/mol. The van der Waals surface area contributed by atoms with Gasteiger partial charge in [0.05, 0.1) is 0 Å². The van der Waals surface area contributed by atoms with Crippen LogP contribution in [0.25, 0.3) is 0 Å². The fourth-order valence-corrected chi connectivity index (χ4v) is 1.14. The van der Waals surface area contributed by atoms with Crippen LogP contribution >= 0.6 is 24.8 Å². The van der Waals surface area contributed by atoms with Crippen LogP contribution < -0.4 is 11.5 Å². The predicted octanol–water partition coefficient (Wildman–Crippen LogP) is 1.49. The summed E-state index contributed by atoms with van der Waals surface area (Å²) in [6.45, 7) is 0.0928. The quantitative estimate of drug-likeness (QED) is 0.700. The third kappa shape index (κ3) is 4.15. The van der Waals surface area contributed by atoms with Crippen molar-refractivity contribution in [1.82, 2.24) is 0 Å². The fraction of sp³-hybridized carbons (Fsp3) is 0.333. The van der Waals surface area contributed by atoms with Crippen molar-refractivity contribution >= 4 is 30.5 Å². The third-order valence-corrected chi connectivity index (χ3v) is 1.84. The van der Waals surface area contributed by atoms with Crippen LogP contribution in [0.1, 0.15) is 18.0 Å². The molecule has 0 bridgehead atoms. The zero-order valence-electron chi connectivity index (χ0n) is 7.72. The van der Waals surface area contributed by atoms with E-state index in [1.165, 1.54) is 0 Å². The van der Waals surface area contributed by atoms with Crippen LogP contribution in [0.5, 0.6) is 0 Å². The van der Waals surface area contributed by atoms with Gasteiger partial charge in [0.15, 0.2) is 0 Å². The summed E-state index contributed by atoms with van der Waals surface area (Å²) in [7, 11) is 0. The van der Waals surface area contributed by atoms with Crippen LogP contribution in [0, 0.1) is 0 Å². The molecule has 0 saturated heterocycles. The van der Waals surface area contributed by atoms with E-state index in [1.54, 1.807) is 0 Å². The first-order chi connectivity index (χ1) is 5.75. The van der Waals surface area contributed by atoms with E-state index in [2.05, 4.69) is 0 Å². The Hall–Kier alpha value is -0.480. The molecule has 0 aromatic heterocycles. The molecule has 0 spiro atoms. The number of halogens is 2. The molecule has 0 radical (unpaired) electrons. The van der Waals surface area contributed by atoms with E-state index in [0.717, 1.165) is 5.56 Å². The van der Waals surface area contributed by atoms with Crippen molar-refractivity contribution in [1.29, 1.82) is 0 Å². The monoisotopic (exact) mass is 238 g/mol. The lowest BCUT2D eigenvalue weighted by atomic mass is 10.0. The molecule has 0 fully saturated rings. The summed E-state index contributed by atoms with van der Waals surface area (Å²) < 4.78 is 0. The average molecular weight is 239 g/mol. The van der Waals surface area contributed by atoms with Gasteiger partial charge in [0.2, 0.25) is 0 Å². The number of benzene rings is 1. The van der Waals surface area contributed by atoms with Crippen molar-refractivity contribution < 1.29 is 5.11 Å². The number of nitrogen functional groups attached to an aromatic ring is 1. The highest BCUT2D eigenvalue weighted by molar-refractivity contribution is 5.85. The average Bonchev–Trinajstić information content (AvgIpc) is 2.05. The molecule has 14 heavy (non-hydrogen) atoms. The highest BCUT2D eigenvalue weighted by atomic mass is 35.5. The number of hydrogen-bond acceptors (Lipinski definition) is 3. The topological polar surface area (TPSA) is 72.3 Å². The molecule has 5 heteroatoms. The van der Waals surface area contributed by atoms with E-state index < -0.39 is 0 Å². The minimum absolute atomic E-state index is 0. The van der Waals surface area contributed by atoms with Crippen molar-refractivity contribution in [2.24, 2.45) is 5.73 Å². The van der Waals surface area contributed by atoms with Gasteiger partial charge in [-0.15, -0.1) is 24.8 Å². The van der Waals surface area contributed by atoms with E-state index >= 15 is 0 Å². The Labute approximate surface area is 96.3 Å². The molecule has 0 saturated carbocycles. The highest BCUT2D eigenvalue weighted by Gasteiger charge is 2.06. The number of anilines is 1. The first-order valence-electron chi connectivity index (χ1n) is 3.96. The Balaban J connectivity index is 0. The molecule has 0 amide bonds. The van der Waals surface area contributed by atoms with E-state index in [4.69, 9.17) is 16.6 Å². The zero-order chi connectivity index (χ0) is 8.97. The van der Waals surface area contributed by atoms with Gasteiger partial charge >= 0.3 is 0 Å². The molecule has 3 nitrogen and oxygen atoms in total. The number of aliphatic hydroxyl groups is 1. The van der Waals surface area contributed by atoms with Gasteiger partial charge in [-0.2, -0.15) is 0 Å². The van der Waals surface area contributed by atoms with Crippen LogP contribution in [0.3, 0.4) is 0 Å². The standard InChI is InChI=1S/C9H14N2O.2ClH/c10-8-4-2-1-3-7(8)9(11)5-6-12;;/h1-4,9,12H,5-6,10-11H2;2*1H. The summed E-state index contributed by atoms with van der Waals surface area (Å²) in [5.41, 5.74) is 13.1. The summed E-state index contributed by atoms with van der Waals surface area (Å²) in [6, 6.07) is 7.30.